The van der Waals surface area contributed by atoms with Crippen molar-refractivity contribution in [2.45, 2.75) is 25.3 Å². The molecular formula is C11H19NO3S. The first-order valence-electron chi connectivity index (χ1n) is 5.81. The molecule has 0 aliphatic carbocycles. The minimum absolute atomic E-state index is 0.181. The van der Waals surface area contributed by atoms with Gasteiger partial charge in [-0.1, -0.05) is 0 Å². The van der Waals surface area contributed by atoms with Gasteiger partial charge in [0.1, 0.15) is 5.76 Å². The molecule has 2 unspecified atom stereocenters. The lowest BCUT2D eigenvalue weighted by Gasteiger charge is -2.20. The Kier molecular flexibility index (Phi) is 3.54. The van der Waals surface area contributed by atoms with Crippen LogP contribution in [-0.2, 0) is 14.6 Å². The lowest BCUT2D eigenvalue weighted by atomic mass is 9.98. The number of likely N-dealkylation sites (N-methyl/N-ethyl adjacent to an activating group) is 1. The first kappa shape index (κ1) is 11.9. The van der Waals surface area contributed by atoms with Crippen molar-refractivity contribution in [3.05, 3.63) is 11.8 Å². The van der Waals surface area contributed by atoms with Gasteiger partial charge in [-0.05, 0) is 31.9 Å². The molecule has 0 amide bonds. The second-order valence-corrected chi connectivity index (χ2v) is 6.82. The fourth-order valence-electron chi connectivity index (χ4n) is 2.45. The summed E-state index contributed by atoms with van der Waals surface area (Å²) in [5, 5.41) is 3.21. The highest BCUT2D eigenvalue weighted by atomic mass is 32.2. The van der Waals surface area contributed by atoms with E-state index < -0.39 is 9.84 Å². The standard InChI is InChI=1S/C11H19NO3S/c1-12-10(11-3-2-5-15-11)7-9-4-6-16(13,14)8-9/h3,9-10,12H,2,4-8H2,1H3. The highest BCUT2D eigenvalue weighted by molar-refractivity contribution is 7.91. The molecule has 2 rings (SSSR count). The smallest absolute Gasteiger partial charge is 0.150 e. The van der Waals surface area contributed by atoms with E-state index in [2.05, 4.69) is 11.4 Å². The molecule has 4 nitrogen and oxygen atoms in total. The van der Waals surface area contributed by atoms with Gasteiger partial charge in [-0.15, -0.1) is 0 Å². The second kappa shape index (κ2) is 4.75. The van der Waals surface area contributed by atoms with Crippen LogP contribution in [0.3, 0.4) is 0 Å². The van der Waals surface area contributed by atoms with E-state index in [9.17, 15) is 8.42 Å². The molecule has 2 aliphatic rings. The SMILES string of the molecule is CNC(CC1CCS(=O)(=O)C1)C1=CCCO1. The van der Waals surface area contributed by atoms with Crippen molar-refractivity contribution in [3.63, 3.8) is 0 Å². The van der Waals surface area contributed by atoms with Crippen molar-refractivity contribution in [2.75, 3.05) is 25.2 Å². The van der Waals surface area contributed by atoms with Gasteiger partial charge < -0.3 is 10.1 Å². The summed E-state index contributed by atoms with van der Waals surface area (Å²) in [5.74, 6) is 1.98. The zero-order valence-electron chi connectivity index (χ0n) is 9.61. The molecule has 16 heavy (non-hydrogen) atoms. The highest BCUT2D eigenvalue weighted by Crippen LogP contribution is 2.26. The van der Waals surface area contributed by atoms with Crippen LogP contribution in [-0.4, -0.2) is 39.6 Å². The Bertz CT molecular complexity index is 375. The van der Waals surface area contributed by atoms with Gasteiger partial charge in [0.2, 0.25) is 0 Å². The molecule has 92 valence electrons. The monoisotopic (exact) mass is 245 g/mol. The Labute approximate surface area is 97.0 Å². The van der Waals surface area contributed by atoms with E-state index in [1.165, 1.54) is 0 Å². The normalized spacial score (nSPS) is 29.8. The fraction of sp³-hybridized carbons (Fsp3) is 0.818. The largest absolute Gasteiger partial charge is 0.496 e. The van der Waals surface area contributed by atoms with Gasteiger partial charge in [-0.2, -0.15) is 0 Å². The molecule has 0 aromatic rings. The van der Waals surface area contributed by atoms with E-state index in [1.54, 1.807) is 0 Å². The minimum Gasteiger partial charge on any atom is -0.496 e. The lowest BCUT2D eigenvalue weighted by molar-refractivity contribution is 0.208. The maximum Gasteiger partial charge on any atom is 0.150 e. The van der Waals surface area contributed by atoms with Gasteiger partial charge in [0.25, 0.3) is 0 Å². The molecule has 0 aromatic carbocycles. The van der Waals surface area contributed by atoms with Crippen LogP contribution in [0.5, 0.6) is 0 Å². The van der Waals surface area contributed by atoms with E-state index in [4.69, 9.17) is 4.74 Å². The molecular weight excluding hydrogens is 226 g/mol. The zero-order valence-corrected chi connectivity index (χ0v) is 10.4. The van der Waals surface area contributed by atoms with Crippen molar-refractivity contribution in [2.24, 2.45) is 5.92 Å². The number of hydrogen-bond donors (Lipinski definition) is 1. The van der Waals surface area contributed by atoms with Gasteiger partial charge in [0.15, 0.2) is 9.84 Å². The van der Waals surface area contributed by atoms with Crippen LogP contribution in [0.15, 0.2) is 11.8 Å². The van der Waals surface area contributed by atoms with E-state index in [-0.39, 0.29) is 12.0 Å². The van der Waals surface area contributed by atoms with Crippen LogP contribution in [0, 0.1) is 5.92 Å². The van der Waals surface area contributed by atoms with Crippen LogP contribution in [0.25, 0.3) is 0 Å². The summed E-state index contributed by atoms with van der Waals surface area (Å²) in [5.41, 5.74) is 0. The third-order valence-corrected chi connectivity index (χ3v) is 5.16. The molecule has 0 radical (unpaired) electrons. The fourth-order valence-corrected chi connectivity index (χ4v) is 4.33. The summed E-state index contributed by atoms with van der Waals surface area (Å²) in [6.07, 6.45) is 4.73. The minimum atomic E-state index is -2.76. The van der Waals surface area contributed by atoms with Gasteiger partial charge in [0.05, 0.1) is 24.2 Å². The summed E-state index contributed by atoms with van der Waals surface area (Å²) in [4.78, 5) is 0. The van der Waals surface area contributed by atoms with E-state index >= 15 is 0 Å². The third-order valence-electron chi connectivity index (χ3n) is 3.32. The predicted molar refractivity (Wildman–Crippen MR) is 62.9 cm³/mol. The van der Waals surface area contributed by atoms with Crippen molar-refractivity contribution >= 4 is 9.84 Å². The average molecular weight is 245 g/mol. The highest BCUT2D eigenvalue weighted by Gasteiger charge is 2.31. The molecule has 2 aliphatic heterocycles. The van der Waals surface area contributed by atoms with E-state index in [0.29, 0.717) is 11.5 Å². The number of sulfone groups is 1. The Morgan fingerprint density at radius 2 is 2.44 bits per heavy atom. The molecule has 0 saturated carbocycles. The molecule has 1 fully saturated rings. The van der Waals surface area contributed by atoms with Gasteiger partial charge in [-0.3, -0.25) is 0 Å². The molecule has 2 atom stereocenters. The zero-order chi connectivity index (χ0) is 11.6. The summed E-state index contributed by atoms with van der Waals surface area (Å²) < 4.78 is 28.2. The lowest BCUT2D eigenvalue weighted by Crippen LogP contribution is -2.30. The molecule has 2 heterocycles. The second-order valence-electron chi connectivity index (χ2n) is 4.59. The summed E-state index contributed by atoms with van der Waals surface area (Å²) in [7, 11) is -0.861. The van der Waals surface area contributed by atoms with Crippen LogP contribution < -0.4 is 5.32 Å². The Morgan fingerprint density at radius 1 is 1.62 bits per heavy atom. The number of hydrogen-bond acceptors (Lipinski definition) is 4. The molecule has 1 N–H and O–H groups in total. The van der Waals surface area contributed by atoms with E-state index in [0.717, 1.165) is 31.6 Å². The molecule has 0 spiro atoms. The van der Waals surface area contributed by atoms with Crippen molar-refractivity contribution in [1.29, 1.82) is 0 Å². The summed E-state index contributed by atoms with van der Waals surface area (Å²) in [6, 6.07) is 0.181. The predicted octanol–water partition coefficient (Wildman–Crippen LogP) is 0.703. The summed E-state index contributed by atoms with van der Waals surface area (Å²) in [6.45, 7) is 0.760. The maximum atomic E-state index is 11.4. The van der Waals surface area contributed by atoms with Crippen LogP contribution in [0.2, 0.25) is 0 Å². The maximum absolute atomic E-state index is 11.4. The Morgan fingerprint density at radius 3 is 2.94 bits per heavy atom. The molecule has 0 aromatic heterocycles. The molecule has 0 bridgehead atoms. The van der Waals surface area contributed by atoms with E-state index in [1.807, 2.05) is 7.05 Å². The quantitative estimate of drug-likeness (QED) is 0.792. The number of ether oxygens (including phenoxy) is 1. The van der Waals surface area contributed by atoms with Crippen molar-refractivity contribution < 1.29 is 13.2 Å². The van der Waals surface area contributed by atoms with Gasteiger partial charge in [-0.25, -0.2) is 8.42 Å². The average Bonchev–Trinajstić information content (AvgIpc) is 2.84. The third kappa shape index (κ3) is 2.77. The first-order chi connectivity index (χ1) is 7.61. The first-order valence-corrected chi connectivity index (χ1v) is 7.63. The van der Waals surface area contributed by atoms with Crippen LogP contribution >= 0.6 is 0 Å². The molecule has 1 saturated heterocycles. The van der Waals surface area contributed by atoms with Gasteiger partial charge in [0, 0.05) is 6.42 Å². The molecule has 5 heteroatoms. The Hall–Kier alpha value is -0.550. The van der Waals surface area contributed by atoms with Crippen LogP contribution in [0.1, 0.15) is 19.3 Å². The van der Waals surface area contributed by atoms with Gasteiger partial charge >= 0.3 is 0 Å². The topological polar surface area (TPSA) is 55.4 Å². The van der Waals surface area contributed by atoms with Crippen molar-refractivity contribution in [3.8, 4) is 0 Å². The van der Waals surface area contributed by atoms with Crippen molar-refractivity contribution in [1.82, 2.24) is 5.32 Å². The summed E-state index contributed by atoms with van der Waals surface area (Å²) >= 11 is 0. The van der Waals surface area contributed by atoms with Crippen LogP contribution in [0.4, 0.5) is 0 Å². The number of rotatable bonds is 4. The Balaban J connectivity index is 1.92. The number of nitrogens with one attached hydrogen (secondary N) is 1.